The molecule has 1 aliphatic heterocycles. The summed E-state index contributed by atoms with van der Waals surface area (Å²) in [6.07, 6.45) is 0.770. The highest BCUT2D eigenvalue weighted by atomic mass is 16.5. The van der Waals surface area contributed by atoms with Crippen LogP contribution >= 0.6 is 0 Å². The Kier molecular flexibility index (Phi) is 12.5. The number of benzene rings is 2. The summed E-state index contributed by atoms with van der Waals surface area (Å²) in [5, 5.41) is 13.8. The molecular weight excluding hydrogens is 574 g/mol. The quantitative estimate of drug-likeness (QED) is 0.333. The smallest absolute Gasteiger partial charge is 0.243 e. The molecule has 0 radical (unpaired) electrons. The lowest BCUT2D eigenvalue weighted by molar-refractivity contribution is -0.134. The number of nitrogens with one attached hydrogen (secondary N) is 5. The van der Waals surface area contributed by atoms with E-state index in [1.54, 1.807) is 12.1 Å². The Morgan fingerprint density at radius 2 is 1.31 bits per heavy atom. The monoisotopic (exact) mass is 621 g/mol. The highest BCUT2D eigenvalue weighted by molar-refractivity contribution is 5.95. The second-order valence-corrected chi connectivity index (χ2v) is 12.8. The van der Waals surface area contributed by atoms with Gasteiger partial charge in [-0.25, -0.2) is 0 Å². The number of rotatable bonds is 6. The Balaban J connectivity index is 1.87. The van der Waals surface area contributed by atoms with Crippen LogP contribution in [-0.4, -0.2) is 65.8 Å². The van der Waals surface area contributed by atoms with E-state index in [1.807, 2.05) is 77.1 Å². The zero-order valence-corrected chi connectivity index (χ0v) is 27.1. The van der Waals surface area contributed by atoms with E-state index in [4.69, 9.17) is 4.74 Å². The predicted molar refractivity (Wildman–Crippen MR) is 171 cm³/mol. The van der Waals surface area contributed by atoms with Crippen LogP contribution in [0, 0.1) is 5.92 Å². The first-order valence-electron chi connectivity index (χ1n) is 15.5. The lowest BCUT2D eigenvalue weighted by Gasteiger charge is -2.26. The van der Waals surface area contributed by atoms with E-state index >= 15 is 0 Å². The number of hydrogen-bond donors (Lipinski definition) is 5. The first kappa shape index (κ1) is 35.1. The van der Waals surface area contributed by atoms with Crippen molar-refractivity contribution in [2.75, 3.05) is 6.54 Å². The van der Waals surface area contributed by atoms with E-state index in [0.29, 0.717) is 12.2 Å². The van der Waals surface area contributed by atoms with Crippen molar-refractivity contribution in [1.29, 1.82) is 0 Å². The van der Waals surface area contributed by atoms with Crippen LogP contribution in [0.3, 0.4) is 0 Å². The van der Waals surface area contributed by atoms with Gasteiger partial charge >= 0.3 is 0 Å². The van der Waals surface area contributed by atoms with E-state index in [1.165, 1.54) is 6.92 Å². The summed E-state index contributed by atoms with van der Waals surface area (Å²) in [6.45, 7) is 11.2. The number of amides is 5. The first-order valence-corrected chi connectivity index (χ1v) is 15.5. The molecule has 5 amide bonds. The van der Waals surface area contributed by atoms with Gasteiger partial charge in [-0.05, 0) is 63.3 Å². The van der Waals surface area contributed by atoms with E-state index < -0.39 is 41.9 Å². The Hall–Kier alpha value is -4.41. The van der Waals surface area contributed by atoms with E-state index in [-0.39, 0.29) is 49.1 Å². The molecule has 2 aromatic carbocycles. The molecule has 11 nitrogen and oxygen atoms in total. The minimum atomic E-state index is -1.05. The lowest BCUT2D eigenvalue weighted by atomic mass is 10.0. The maximum Gasteiger partial charge on any atom is 0.243 e. The second kappa shape index (κ2) is 16.1. The van der Waals surface area contributed by atoms with Crippen LogP contribution in [0.2, 0.25) is 0 Å². The number of carbonyl (C=O) groups excluding carboxylic acids is 5. The van der Waals surface area contributed by atoms with Crippen LogP contribution in [0.1, 0.15) is 65.5 Å². The molecule has 3 rings (SSSR count). The molecule has 1 saturated heterocycles. The van der Waals surface area contributed by atoms with Crippen molar-refractivity contribution in [3.05, 3.63) is 65.7 Å². The van der Waals surface area contributed by atoms with Crippen molar-refractivity contribution >= 4 is 29.5 Å². The summed E-state index contributed by atoms with van der Waals surface area (Å²) in [6, 6.07) is 12.6. The van der Waals surface area contributed by atoms with E-state index in [9.17, 15) is 24.0 Å². The van der Waals surface area contributed by atoms with Crippen LogP contribution in [0.15, 0.2) is 54.6 Å². The molecule has 1 fully saturated rings. The Labute approximate surface area is 265 Å². The van der Waals surface area contributed by atoms with Crippen LogP contribution in [0.5, 0.6) is 5.75 Å². The summed E-state index contributed by atoms with van der Waals surface area (Å²) in [4.78, 5) is 66.2. The third-order valence-electron chi connectivity index (χ3n) is 7.23. The van der Waals surface area contributed by atoms with Gasteiger partial charge in [-0.15, -0.1) is 0 Å². The second-order valence-electron chi connectivity index (χ2n) is 12.8. The summed E-state index contributed by atoms with van der Waals surface area (Å²) >= 11 is 0. The normalized spacial score (nSPS) is 22.8. The maximum atomic E-state index is 13.6. The fourth-order valence-corrected chi connectivity index (χ4v) is 4.85. The van der Waals surface area contributed by atoms with Crippen molar-refractivity contribution in [2.24, 2.45) is 5.92 Å². The van der Waals surface area contributed by atoms with Crippen molar-refractivity contribution in [3.8, 4) is 5.75 Å². The minimum absolute atomic E-state index is 0.0786. The first-order chi connectivity index (χ1) is 21.2. The highest BCUT2D eigenvalue weighted by Gasteiger charge is 2.31. The molecule has 244 valence electrons. The van der Waals surface area contributed by atoms with Gasteiger partial charge in [-0.3, -0.25) is 24.0 Å². The average molecular weight is 622 g/mol. The van der Waals surface area contributed by atoms with Crippen LogP contribution < -0.4 is 31.3 Å². The lowest BCUT2D eigenvalue weighted by Crippen LogP contribution is -2.58. The molecular formula is C34H47N5O6. The van der Waals surface area contributed by atoms with Crippen molar-refractivity contribution < 1.29 is 28.7 Å². The van der Waals surface area contributed by atoms with Crippen molar-refractivity contribution in [3.63, 3.8) is 0 Å². The fraction of sp³-hybridized carbons (Fsp3) is 0.500. The molecule has 2 aromatic rings. The molecule has 1 heterocycles. The molecule has 0 spiro atoms. The zero-order valence-electron chi connectivity index (χ0n) is 27.1. The molecule has 0 saturated carbocycles. The van der Waals surface area contributed by atoms with Gasteiger partial charge in [0.05, 0.1) is 0 Å². The van der Waals surface area contributed by atoms with Crippen LogP contribution in [0.25, 0.3) is 0 Å². The molecule has 5 N–H and O–H groups in total. The summed E-state index contributed by atoms with van der Waals surface area (Å²) in [7, 11) is 0. The van der Waals surface area contributed by atoms with Crippen molar-refractivity contribution in [1.82, 2.24) is 26.6 Å². The molecule has 11 heteroatoms. The summed E-state index contributed by atoms with van der Waals surface area (Å²) < 4.78 is 5.90. The zero-order chi connectivity index (χ0) is 33.1. The maximum absolute atomic E-state index is 13.6. The van der Waals surface area contributed by atoms with Gasteiger partial charge in [-0.1, -0.05) is 56.3 Å². The highest BCUT2D eigenvalue weighted by Crippen LogP contribution is 2.19. The Bertz CT molecular complexity index is 1320. The number of hydrogen-bond acceptors (Lipinski definition) is 6. The molecule has 0 aliphatic carbocycles. The van der Waals surface area contributed by atoms with E-state index in [0.717, 1.165) is 11.1 Å². The van der Waals surface area contributed by atoms with Crippen LogP contribution in [-0.2, 0) is 36.8 Å². The van der Waals surface area contributed by atoms with Gasteiger partial charge in [0, 0.05) is 25.8 Å². The van der Waals surface area contributed by atoms with Crippen molar-refractivity contribution in [2.45, 2.75) is 97.0 Å². The molecule has 45 heavy (non-hydrogen) atoms. The SMILES string of the molecule is CC(C)C1NC(=O)C(Cc2ccc(OC(C)(C)C)cc2)NC(=O)[C@H](C)NC(=O)[C@H](Cc2ccccc2)NC(=O)CCCNC1=O. The topological polar surface area (TPSA) is 155 Å². The third kappa shape index (κ3) is 11.6. The molecule has 1 aliphatic rings. The van der Waals surface area contributed by atoms with Gasteiger partial charge in [0.1, 0.15) is 35.5 Å². The van der Waals surface area contributed by atoms with Gasteiger partial charge in [0.25, 0.3) is 0 Å². The molecule has 0 aromatic heterocycles. The Morgan fingerprint density at radius 1 is 0.733 bits per heavy atom. The standard InChI is InChI=1S/C34H47N5O6/c1-21(2)29-33(44)35-18-10-13-28(40)37-26(19-23-11-8-7-9-12-23)31(42)36-22(3)30(41)38-27(32(43)39-29)20-24-14-16-25(17-15-24)45-34(4,5)6/h7-9,11-12,14-17,21-22,26-27,29H,10,13,18-20H2,1-6H3,(H,35,44)(H,36,42)(H,37,40)(H,38,41)(H,39,43)/t22-,26-,27?,29?/m0/s1. The van der Waals surface area contributed by atoms with Gasteiger partial charge in [0.2, 0.25) is 29.5 Å². The third-order valence-corrected chi connectivity index (χ3v) is 7.23. The van der Waals surface area contributed by atoms with E-state index in [2.05, 4.69) is 26.6 Å². The van der Waals surface area contributed by atoms with Gasteiger partial charge in [0.15, 0.2) is 0 Å². The summed E-state index contributed by atoms with van der Waals surface area (Å²) in [5.41, 5.74) is 1.21. The molecule has 2 unspecified atom stereocenters. The van der Waals surface area contributed by atoms with Gasteiger partial charge in [-0.2, -0.15) is 0 Å². The molecule has 0 bridgehead atoms. The molecule has 4 atom stereocenters. The fourth-order valence-electron chi connectivity index (χ4n) is 4.85. The Morgan fingerprint density at radius 3 is 1.91 bits per heavy atom. The number of carbonyl (C=O) groups is 5. The predicted octanol–water partition coefficient (Wildman–Crippen LogP) is 2.17. The largest absolute Gasteiger partial charge is 0.488 e. The minimum Gasteiger partial charge on any atom is -0.488 e. The van der Waals surface area contributed by atoms with Crippen LogP contribution in [0.4, 0.5) is 0 Å². The van der Waals surface area contributed by atoms with Gasteiger partial charge < -0.3 is 31.3 Å². The average Bonchev–Trinajstić information content (AvgIpc) is 2.97. The summed E-state index contributed by atoms with van der Waals surface area (Å²) in [5.74, 6) is -1.97. The number of ether oxygens (including phenoxy) is 1.